The molecule has 0 fully saturated rings. The molecule has 31 heavy (non-hydrogen) atoms. The van der Waals surface area contributed by atoms with Crippen LogP contribution in [0.5, 0.6) is 0 Å². The van der Waals surface area contributed by atoms with Crippen LogP contribution in [-0.2, 0) is 4.79 Å². The number of aromatic amines is 1. The van der Waals surface area contributed by atoms with Gasteiger partial charge in [0.1, 0.15) is 6.54 Å². The minimum atomic E-state index is -0.331. The highest BCUT2D eigenvalue weighted by atomic mass is 16.2. The molecule has 0 aliphatic carbocycles. The molecular weight excluding hydrogens is 388 g/mol. The summed E-state index contributed by atoms with van der Waals surface area (Å²) in [6.45, 7) is 1.95. The van der Waals surface area contributed by atoms with E-state index in [9.17, 15) is 9.59 Å². The van der Waals surface area contributed by atoms with Gasteiger partial charge in [-0.25, -0.2) is 0 Å². The summed E-state index contributed by atoms with van der Waals surface area (Å²) in [6.07, 6.45) is 0. The molecule has 0 saturated heterocycles. The Balaban J connectivity index is 1.49. The van der Waals surface area contributed by atoms with Gasteiger partial charge in [-0.2, -0.15) is 0 Å². The minimum Gasteiger partial charge on any atom is -0.358 e. The lowest BCUT2D eigenvalue weighted by Crippen LogP contribution is -2.41. The molecule has 3 N–H and O–H groups in total. The van der Waals surface area contributed by atoms with Crippen molar-refractivity contribution in [3.05, 3.63) is 101 Å². The fourth-order valence-corrected chi connectivity index (χ4v) is 4.35. The van der Waals surface area contributed by atoms with Crippen LogP contribution in [0.2, 0.25) is 0 Å². The summed E-state index contributed by atoms with van der Waals surface area (Å²) in [5.41, 5.74) is 11.0. The third kappa shape index (κ3) is 3.32. The third-order valence-electron chi connectivity index (χ3n) is 5.71. The summed E-state index contributed by atoms with van der Waals surface area (Å²) in [4.78, 5) is 31.1. The van der Waals surface area contributed by atoms with Gasteiger partial charge in [-0.1, -0.05) is 54.6 Å². The van der Waals surface area contributed by atoms with Gasteiger partial charge in [0.25, 0.3) is 11.8 Å². The number of para-hydroxylation sites is 2. The summed E-state index contributed by atoms with van der Waals surface area (Å²) >= 11 is 0. The maximum atomic E-state index is 13.3. The van der Waals surface area contributed by atoms with Crippen molar-refractivity contribution in [1.82, 2.24) is 15.3 Å². The van der Waals surface area contributed by atoms with Crippen LogP contribution in [0, 0.1) is 6.92 Å². The second-order valence-corrected chi connectivity index (χ2v) is 7.67. The Morgan fingerprint density at radius 3 is 2.52 bits per heavy atom. The van der Waals surface area contributed by atoms with Crippen LogP contribution in [0.15, 0.2) is 78.9 Å². The van der Waals surface area contributed by atoms with Crippen LogP contribution in [0.4, 0.5) is 5.69 Å². The van der Waals surface area contributed by atoms with Gasteiger partial charge in [0.05, 0.1) is 11.7 Å². The predicted molar refractivity (Wildman–Crippen MR) is 121 cm³/mol. The van der Waals surface area contributed by atoms with E-state index >= 15 is 0 Å². The van der Waals surface area contributed by atoms with E-state index in [-0.39, 0.29) is 24.4 Å². The lowest BCUT2D eigenvalue weighted by atomic mass is 9.95. The molecule has 1 unspecified atom stereocenters. The molecule has 0 spiro atoms. The molecule has 154 valence electrons. The number of benzene rings is 3. The number of hydrazine groups is 1. The van der Waals surface area contributed by atoms with Gasteiger partial charge in [0, 0.05) is 27.7 Å². The minimum absolute atomic E-state index is 0.0586. The number of aryl methyl sites for hydroxylation is 1. The second kappa shape index (κ2) is 7.65. The van der Waals surface area contributed by atoms with Gasteiger partial charge in [0.2, 0.25) is 0 Å². The highest BCUT2D eigenvalue weighted by Crippen LogP contribution is 2.42. The highest BCUT2D eigenvalue weighted by Gasteiger charge is 2.40. The Hall–Kier alpha value is -4.06. The van der Waals surface area contributed by atoms with E-state index in [2.05, 4.69) is 21.9 Å². The number of amides is 2. The standard InChI is InChI=1S/C25H22N4O2/c1-16-23(20-13-7-8-14-21(20)26-16)24-18-11-5-6-12-19(18)25(31)29(24)15-22(30)28-27-17-9-3-2-4-10-17/h2-14,24,26-27H,15H2,1H3,(H,28,30). The molecule has 0 saturated carbocycles. The molecular formula is C25H22N4O2. The monoisotopic (exact) mass is 410 g/mol. The van der Waals surface area contributed by atoms with Gasteiger partial charge in [-0.3, -0.25) is 20.4 Å². The van der Waals surface area contributed by atoms with Crippen molar-refractivity contribution in [2.24, 2.45) is 0 Å². The third-order valence-corrected chi connectivity index (χ3v) is 5.71. The van der Waals surface area contributed by atoms with E-state index in [0.717, 1.165) is 33.4 Å². The van der Waals surface area contributed by atoms with E-state index in [1.165, 1.54) is 0 Å². The molecule has 0 radical (unpaired) electrons. The summed E-state index contributed by atoms with van der Waals surface area (Å²) < 4.78 is 0. The van der Waals surface area contributed by atoms with Crippen LogP contribution in [0.3, 0.4) is 0 Å². The first-order valence-electron chi connectivity index (χ1n) is 10.2. The average molecular weight is 410 g/mol. The smallest absolute Gasteiger partial charge is 0.257 e. The van der Waals surface area contributed by atoms with Crippen LogP contribution in [0.1, 0.15) is 33.2 Å². The largest absolute Gasteiger partial charge is 0.358 e. The number of H-pyrrole nitrogens is 1. The zero-order chi connectivity index (χ0) is 21.4. The molecule has 6 nitrogen and oxygen atoms in total. The Morgan fingerprint density at radius 2 is 1.68 bits per heavy atom. The van der Waals surface area contributed by atoms with Crippen molar-refractivity contribution in [2.75, 3.05) is 12.0 Å². The van der Waals surface area contributed by atoms with Gasteiger partial charge in [-0.15, -0.1) is 0 Å². The number of fused-ring (bicyclic) bond motifs is 2. The van der Waals surface area contributed by atoms with E-state index in [4.69, 9.17) is 0 Å². The first-order chi connectivity index (χ1) is 15.1. The number of hydrogen-bond donors (Lipinski definition) is 3. The van der Waals surface area contributed by atoms with Crippen LogP contribution in [0.25, 0.3) is 10.9 Å². The van der Waals surface area contributed by atoms with E-state index in [1.807, 2.05) is 79.7 Å². The second-order valence-electron chi connectivity index (χ2n) is 7.67. The van der Waals surface area contributed by atoms with Gasteiger partial charge < -0.3 is 9.88 Å². The molecule has 3 aromatic carbocycles. The van der Waals surface area contributed by atoms with Crippen molar-refractivity contribution in [3.8, 4) is 0 Å². The number of rotatable bonds is 5. The predicted octanol–water partition coefficient (Wildman–Crippen LogP) is 4.16. The topological polar surface area (TPSA) is 77.2 Å². The Bertz CT molecular complexity index is 1280. The Labute approximate surface area is 179 Å². The summed E-state index contributed by atoms with van der Waals surface area (Å²) in [6, 6.07) is 24.7. The van der Waals surface area contributed by atoms with Crippen molar-refractivity contribution in [2.45, 2.75) is 13.0 Å². The van der Waals surface area contributed by atoms with Gasteiger partial charge in [0.15, 0.2) is 0 Å². The number of carbonyl (C=O) groups is 2. The highest BCUT2D eigenvalue weighted by molar-refractivity contribution is 6.02. The molecule has 2 amide bonds. The van der Waals surface area contributed by atoms with Crippen molar-refractivity contribution < 1.29 is 9.59 Å². The number of hydrogen-bond acceptors (Lipinski definition) is 3. The number of nitrogens with one attached hydrogen (secondary N) is 3. The molecule has 1 aliphatic heterocycles. The Kier molecular flexibility index (Phi) is 4.67. The molecule has 0 bridgehead atoms. The first-order valence-corrected chi connectivity index (χ1v) is 10.2. The zero-order valence-electron chi connectivity index (χ0n) is 17.1. The number of carbonyl (C=O) groups excluding carboxylic acids is 2. The normalized spacial score (nSPS) is 15.2. The van der Waals surface area contributed by atoms with Crippen LogP contribution < -0.4 is 10.9 Å². The Morgan fingerprint density at radius 1 is 0.968 bits per heavy atom. The molecule has 6 heteroatoms. The number of aromatic nitrogens is 1. The average Bonchev–Trinajstić information content (AvgIpc) is 3.26. The van der Waals surface area contributed by atoms with Crippen molar-refractivity contribution >= 4 is 28.4 Å². The summed E-state index contributed by atoms with van der Waals surface area (Å²) in [5.74, 6) is -0.423. The molecule has 5 rings (SSSR count). The molecule has 4 aromatic rings. The molecule has 1 atom stereocenters. The first kappa shape index (κ1) is 18.9. The lowest BCUT2D eigenvalue weighted by molar-refractivity contribution is -0.121. The SMILES string of the molecule is Cc1[nH]c2ccccc2c1C1c2ccccc2C(=O)N1CC(=O)NNc1ccccc1. The summed E-state index contributed by atoms with van der Waals surface area (Å²) in [7, 11) is 0. The van der Waals surface area contributed by atoms with Gasteiger partial charge >= 0.3 is 0 Å². The molecule has 1 aromatic heterocycles. The van der Waals surface area contributed by atoms with E-state index in [1.54, 1.807) is 4.90 Å². The van der Waals surface area contributed by atoms with Crippen molar-refractivity contribution in [1.29, 1.82) is 0 Å². The fraction of sp³-hybridized carbons (Fsp3) is 0.120. The van der Waals surface area contributed by atoms with Crippen LogP contribution >= 0.6 is 0 Å². The number of anilines is 1. The quantitative estimate of drug-likeness (QED) is 0.432. The van der Waals surface area contributed by atoms with Crippen molar-refractivity contribution in [3.63, 3.8) is 0 Å². The summed E-state index contributed by atoms with van der Waals surface area (Å²) in [5, 5.41) is 1.06. The van der Waals surface area contributed by atoms with Crippen LogP contribution in [-0.4, -0.2) is 28.2 Å². The van der Waals surface area contributed by atoms with E-state index in [0.29, 0.717) is 5.56 Å². The number of nitrogens with zero attached hydrogens (tertiary/aromatic N) is 1. The fourth-order valence-electron chi connectivity index (χ4n) is 4.35. The van der Waals surface area contributed by atoms with Gasteiger partial charge in [-0.05, 0) is 36.8 Å². The maximum Gasteiger partial charge on any atom is 0.257 e. The lowest BCUT2D eigenvalue weighted by Gasteiger charge is -2.26. The zero-order valence-corrected chi connectivity index (χ0v) is 17.1. The van der Waals surface area contributed by atoms with E-state index < -0.39 is 0 Å². The molecule has 2 heterocycles. The maximum absolute atomic E-state index is 13.3. The molecule has 1 aliphatic rings.